The van der Waals surface area contributed by atoms with Crippen LogP contribution in [0.4, 0.5) is 0 Å². The highest BCUT2D eigenvalue weighted by Crippen LogP contribution is 2.12. The standard InChI is InChI=1S/C16H21NO5/c1-3-5-15(17(19)20)16(18)6-4-11-22-12-13-7-9-14(21-2)10-8-13/h3-4,6-10,15-16,18H,1,5,11-12H2,2H3/b6-4+. The van der Waals surface area contributed by atoms with Gasteiger partial charge in [-0.25, -0.2) is 0 Å². The van der Waals surface area contributed by atoms with E-state index in [0.29, 0.717) is 6.61 Å². The van der Waals surface area contributed by atoms with Gasteiger partial charge in [0.25, 0.3) is 0 Å². The molecular formula is C16H21NO5. The molecule has 0 fully saturated rings. The van der Waals surface area contributed by atoms with E-state index in [0.717, 1.165) is 11.3 Å². The molecule has 0 saturated heterocycles. The monoisotopic (exact) mass is 307 g/mol. The topological polar surface area (TPSA) is 81.8 Å². The summed E-state index contributed by atoms with van der Waals surface area (Å²) < 4.78 is 10.5. The summed E-state index contributed by atoms with van der Waals surface area (Å²) in [4.78, 5) is 10.3. The first-order valence-corrected chi connectivity index (χ1v) is 6.88. The molecule has 0 heterocycles. The summed E-state index contributed by atoms with van der Waals surface area (Å²) in [6, 6.07) is 6.40. The molecule has 6 nitrogen and oxygen atoms in total. The van der Waals surface area contributed by atoms with Gasteiger partial charge in [0.05, 0.1) is 20.3 Å². The lowest BCUT2D eigenvalue weighted by Gasteiger charge is -2.10. The van der Waals surface area contributed by atoms with E-state index in [4.69, 9.17) is 9.47 Å². The van der Waals surface area contributed by atoms with Gasteiger partial charge in [-0.05, 0) is 17.7 Å². The summed E-state index contributed by atoms with van der Waals surface area (Å²) in [5, 5.41) is 20.5. The first kappa shape index (κ1) is 17.9. The second-order valence-corrected chi connectivity index (χ2v) is 4.66. The van der Waals surface area contributed by atoms with Crippen molar-refractivity contribution in [3.63, 3.8) is 0 Å². The molecule has 120 valence electrons. The van der Waals surface area contributed by atoms with E-state index < -0.39 is 17.1 Å². The molecule has 2 unspecified atom stereocenters. The molecule has 0 aromatic heterocycles. The largest absolute Gasteiger partial charge is 0.497 e. The highest BCUT2D eigenvalue weighted by molar-refractivity contribution is 5.26. The Kier molecular flexibility index (Phi) is 7.88. The lowest BCUT2D eigenvalue weighted by molar-refractivity contribution is -0.530. The zero-order valence-corrected chi connectivity index (χ0v) is 12.6. The maximum atomic E-state index is 10.8. The van der Waals surface area contributed by atoms with Crippen molar-refractivity contribution in [1.29, 1.82) is 0 Å². The summed E-state index contributed by atoms with van der Waals surface area (Å²) in [6.45, 7) is 4.13. The summed E-state index contributed by atoms with van der Waals surface area (Å²) in [6.07, 6.45) is 3.34. The smallest absolute Gasteiger partial charge is 0.245 e. The molecule has 2 atom stereocenters. The van der Waals surface area contributed by atoms with Crippen molar-refractivity contribution in [3.05, 3.63) is 64.8 Å². The van der Waals surface area contributed by atoms with Crippen molar-refractivity contribution in [2.24, 2.45) is 0 Å². The molecule has 0 bridgehead atoms. The third kappa shape index (κ3) is 6.07. The van der Waals surface area contributed by atoms with Gasteiger partial charge in [0, 0.05) is 11.3 Å². The van der Waals surface area contributed by atoms with Crippen molar-refractivity contribution < 1.29 is 19.5 Å². The second kappa shape index (κ2) is 9.70. The molecule has 0 radical (unpaired) electrons. The number of methoxy groups -OCH3 is 1. The average molecular weight is 307 g/mol. The van der Waals surface area contributed by atoms with Gasteiger partial charge in [0.1, 0.15) is 11.9 Å². The molecule has 1 N–H and O–H groups in total. The van der Waals surface area contributed by atoms with Crippen LogP contribution in [0.3, 0.4) is 0 Å². The zero-order chi connectivity index (χ0) is 16.4. The number of hydrogen-bond donors (Lipinski definition) is 1. The van der Waals surface area contributed by atoms with Crippen LogP contribution >= 0.6 is 0 Å². The molecule has 0 amide bonds. The van der Waals surface area contributed by atoms with E-state index in [1.54, 1.807) is 13.2 Å². The van der Waals surface area contributed by atoms with Crippen molar-refractivity contribution >= 4 is 0 Å². The molecule has 22 heavy (non-hydrogen) atoms. The number of nitro groups is 1. The molecule has 1 aromatic rings. The number of nitrogens with zero attached hydrogens (tertiary/aromatic N) is 1. The second-order valence-electron chi connectivity index (χ2n) is 4.66. The van der Waals surface area contributed by atoms with Gasteiger partial charge >= 0.3 is 0 Å². The molecule has 0 aliphatic carbocycles. The Balaban J connectivity index is 2.35. The Morgan fingerprint density at radius 2 is 2.09 bits per heavy atom. The lowest BCUT2D eigenvalue weighted by atomic mass is 10.1. The summed E-state index contributed by atoms with van der Waals surface area (Å²) >= 11 is 0. The molecule has 6 heteroatoms. The van der Waals surface area contributed by atoms with Crippen LogP contribution in [0.15, 0.2) is 49.1 Å². The Bertz CT molecular complexity index is 498. The summed E-state index contributed by atoms with van der Waals surface area (Å²) in [5.74, 6) is 0.778. The number of ether oxygens (including phenoxy) is 2. The Hall–Kier alpha value is -2.18. The van der Waals surface area contributed by atoms with E-state index in [2.05, 4.69) is 6.58 Å². The van der Waals surface area contributed by atoms with E-state index in [1.165, 1.54) is 12.2 Å². The van der Waals surface area contributed by atoms with Crippen LogP contribution in [0.2, 0.25) is 0 Å². The summed E-state index contributed by atoms with van der Waals surface area (Å²) in [5.41, 5.74) is 0.990. The van der Waals surface area contributed by atoms with Crippen molar-refractivity contribution in [3.8, 4) is 5.75 Å². The number of aliphatic hydroxyl groups excluding tert-OH is 1. The number of aliphatic hydroxyl groups is 1. The van der Waals surface area contributed by atoms with E-state index in [-0.39, 0.29) is 13.0 Å². The SMILES string of the molecule is C=CCC(C(O)/C=C/COCc1ccc(OC)cc1)[N+](=O)[O-]. The van der Waals surface area contributed by atoms with E-state index in [9.17, 15) is 15.2 Å². The fraction of sp³-hybridized carbons (Fsp3) is 0.375. The Morgan fingerprint density at radius 1 is 1.41 bits per heavy atom. The minimum Gasteiger partial charge on any atom is -0.497 e. The van der Waals surface area contributed by atoms with Crippen LogP contribution in [0.1, 0.15) is 12.0 Å². The zero-order valence-electron chi connectivity index (χ0n) is 12.6. The van der Waals surface area contributed by atoms with Crippen molar-refractivity contribution in [2.45, 2.75) is 25.2 Å². The summed E-state index contributed by atoms with van der Waals surface area (Å²) in [7, 11) is 1.60. The van der Waals surface area contributed by atoms with E-state index in [1.807, 2.05) is 24.3 Å². The molecule has 1 aromatic carbocycles. The molecule has 0 aliphatic rings. The van der Waals surface area contributed by atoms with Crippen LogP contribution in [0, 0.1) is 10.1 Å². The average Bonchev–Trinajstić information content (AvgIpc) is 2.52. The minimum absolute atomic E-state index is 0.116. The quantitative estimate of drug-likeness (QED) is 0.310. The van der Waals surface area contributed by atoms with Crippen LogP contribution in [0.5, 0.6) is 5.75 Å². The van der Waals surface area contributed by atoms with Gasteiger partial charge in [-0.3, -0.25) is 10.1 Å². The third-order valence-electron chi connectivity index (χ3n) is 3.05. The Labute approximate surface area is 129 Å². The molecular weight excluding hydrogens is 286 g/mol. The Morgan fingerprint density at radius 3 is 2.64 bits per heavy atom. The van der Waals surface area contributed by atoms with Crippen LogP contribution in [-0.4, -0.2) is 35.9 Å². The minimum atomic E-state index is -1.16. The van der Waals surface area contributed by atoms with Gasteiger partial charge in [0.15, 0.2) is 0 Å². The van der Waals surface area contributed by atoms with E-state index >= 15 is 0 Å². The molecule has 0 spiro atoms. The number of rotatable bonds is 10. The van der Waals surface area contributed by atoms with Gasteiger partial charge in [-0.1, -0.05) is 30.4 Å². The number of benzene rings is 1. The van der Waals surface area contributed by atoms with Crippen molar-refractivity contribution in [1.82, 2.24) is 0 Å². The maximum absolute atomic E-state index is 10.8. The third-order valence-corrected chi connectivity index (χ3v) is 3.05. The van der Waals surface area contributed by atoms with Crippen LogP contribution in [0.25, 0.3) is 0 Å². The first-order chi connectivity index (χ1) is 10.6. The van der Waals surface area contributed by atoms with Gasteiger partial charge in [-0.15, -0.1) is 6.58 Å². The van der Waals surface area contributed by atoms with Crippen LogP contribution < -0.4 is 4.74 Å². The molecule has 0 saturated carbocycles. The molecule has 0 aliphatic heterocycles. The predicted molar refractivity (Wildman–Crippen MR) is 83.4 cm³/mol. The van der Waals surface area contributed by atoms with Gasteiger partial charge < -0.3 is 14.6 Å². The van der Waals surface area contributed by atoms with Gasteiger partial charge in [-0.2, -0.15) is 0 Å². The normalized spacial score (nSPS) is 13.7. The highest BCUT2D eigenvalue weighted by Gasteiger charge is 2.25. The molecule has 1 rings (SSSR count). The highest BCUT2D eigenvalue weighted by atomic mass is 16.6. The fourth-order valence-electron chi connectivity index (χ4n) is 1.81. The van der Waals surface area contributed by atoms with Crippen molar-refractivity contribution in [2.75, 3.05) is 13.7 Å². The van der Waals surface area contributed by atoms with Gasteiger partial charge in [0.2, 0.25) is 6.04 Å². The first-order valence-electron chi connectivity index (χ1n) is 6.88. The number of hydrogen-bond acceptors (Lipinski definition) is 5. The lowest BCUT2D eigenvalue weighted by Crippen LogP contribution is -2.31. The van der Waals surface area contributed by atoms with Crippen LogP contribution in [-0.2, 0) is 11.3 Å². The predicted octanol–water partition coefficient (Wildman–Crippen LogP) is 2.35. The fourth-order valence-corrected chi connectivity index (χ4v) is 1.81. The maximum Gasteiger partial charge on any atom is 0.245 e.